The highest BCUT2D eigenvalue weighted by Gasteiger charge is 2.19. The van der Waals surface area contributed by atoms with Gasteiger partial charge in [0.25, 0.3) is 0 Å². The van der Waals surface area contributed by atoms with Crippen molar-refractivity contribution >= 4 is 17.9 Å². The van der Waals surface area contributed by atoms with Crippen LogP contribution in [0.25, 0.3) is 0 Å². The van der Waals surface area contributed by atoms with E-state index in [9.17, 15) is 14.4 Å². The zero-order chi connectivity index (χ0) is 52.9. The topological polar surface area (TPSA) is 78.9 Å². The predicted molar refractivity (Wildman–Crippen MR) is 316 cm³/mol. The molecule has 0 saturated carbocycles. The van der Waals surface area contributed by atoms with Crippen molar-refractivity contribution < 1.29 is 28.6 Å². The molecule has 0 heterocycles. The lowest BCUT2D eigenvalue weighted by molar-refractivity contribution is -0.167. The molecule has 6 nitrogen and oxygen atoms in total. The molecule has 0 rings (SSSR count). The van der Waals surface area contributed by atoms with Gasteiger partial charge in [-0.25, -0.2) is 0 Å². The minimum atomic E-state index is -0.787. The van der Waals surface area contributed by atoms with Crippen LogP contribution in [-0.4, -0.2) is 37.2 Å². The van der Waals surface area contributed by atoms with E-state index in [2.05, 4.69) is 93.7 Å². The largest absolute Gasteiger partial charge is 0.462 e. The molecular weight excluding hydrogens is 901 g/mol. The molecule has 0 aromatic rings. The second-order valence-corrected chi connectivity index (χ2v) is 21.0. The fraction of sp³-hybridized carbons (Fsp3) is 0.776. The lowest BCUT2D eigenvalue weighted by Crippen LogP contribution is -2.30. The second kappa shape index (κ2) is 61.4. The number of esters is 3. The van der Waals surface area contributed by atoms with Crippen LogP contribution in [0.2, 0.25) is 0 Å². The monoisotopic (exact) mass is 1020 g/mol. The maximum atomic E-state index is 12.9. The van der Waals surface area contributed by atoms with Gasteiger partial charge in [-0.05, 0) is 116 Å². The lowest BCUT2D eigenvalue weighted by Gasteiger charge is -2.18. The first-order chi connectivity index (χ1) is 36.0. The summed E-state index contributed by atoms with van der Waals surface area (Å²) in [6.45, 7) is 6.60. The molecule has 0 aromatic heterocycles. The van der Waals surface area contributed by atoms with Gasteiger partial charge in [-0.3, -0.25) is 14.4 Å². The zero-order valence-corrected chi connectivity index (χ0v) is 48.4. The Hall–Kier alpha value is -3.15. The van der Waals surface area contributed by atoms with Crippen molar-refractivity contribution in [2.24, 2.45) is 0 Å². The Morgan fingerprint density at radius 3 is 0.808 bits per heavy atom. The Bertz CT molecular complexity index is 1360. The van der Waals surface area contributed by atoms with Gasteiger partial charge in [-0.1, -0.05) is 254 Å². The maximum Gasteiger partial charge on any atom is 0.306 e. The highest BCUT2D eigenvalue weighted by atomic mass is 16.6. The van der Waals surface area contributed by atoms with Gasteiger partial charge in [0, 0.05) is 19.3 Å². The number of carbonyl (C=O) groups is 3. The summed E-state index contributed by atoms with van der Waals surface area (Å²) >= 11 is 0. The van der Waals surface area contributed by atoms with Gasteiger partial charge in [0.15, 0.2) is 6.10 Å². The molecule has 73 heavy (non-hydrogen) atoms. The molecule has 0 aliphatic heterocycles. The summed E-state index contributed by atoms with van der Waals surface area (Å²) in [5, 5.41) is 0. The summed E-state index contributed by atoms with van der Waals surface area (Å²) in [5.74, 6) is -0.891. The van der Waals surface area contributed by atoms with Gasteiger partial charge in [0.05, 0.1) is 0 Å². The van der Waals surface area contributed by atoms with Crippen LogP contribution in [0.5, 0.6) is 0 Å². The van der Waals surface area contributed by atoms with Crippen molar-refractivity contribution in [3.05, 3.63) is 72.9 Å². The third-order valence-corrected chi connectivity index (χ3v) is 13.7. The minimum absolute atomic E-state index is 0.0833. The van der Waals surface area contributed by atoms with E-state index in [1.807, 2.05) is 0 Å². The average molecular weight is 1020 g/mol. The van der Waals surface area contributed by atoms with Gasteiger partial charge in [0.2, 0.25) is 0 Å². The van der Waals surface area contributed by atoms with E-state index in [0.717, 1.165) is 89.9 Å². The van der Waals surface area contributed by atoms with E-state index in [1.165, 1.54) is 186 Å². The summed E-state index contributed by atoms with van der Waals surface area (Å²) < 4.78 is 16.9. The van der Waals surface area contributed by atoms with Gasteiger partial charge in [0.1, 0.15) is 13.2 Å². The Morgan fingerprint density at radius 2 is 0.493 bits per heavy atom. The van der Waals surface area contributed by atoms with E-state index in [4.69, 9.17) is 14.2 Å². The van der Waals surface area contributed by atoms with Crippen LogP contribution in [0, 0.1) is 0 Å². The van der Waals surface area contributed by atoms with E-state index in [1.54, 1.807) is 0 Å². The first-order valence-corrected chi connectivity index (χ1v) is 31.4. The van der Waals surface area contributed by atoms with Crippen LogP contribution in [0.1, 0.15) is 316 Å². The second-order valence-electron chi connectivity index (χ2n) is 21.0. The van der Waals surface area contributed by atoms with Gasteiger partial charge in [-0.15, -0.1) is 0 Å². The highest BCUT2D eigenvalue weighted by molar-refractivity contribution is 5.71. The highest BCUT2D eigenvalue weighted by Crippen LogP contribution is 2.16. The Morgan fingerprint density at radius 1 is 0.274 bits per heavy atom. The van der Waals surface area contributed by atoms with Crippen molar-refractivity contribution in [3.63, 3.8) is 0 Å². The van der Waals surface area contributed by atoms with Crippen LogP contribution >= 0.6 is 0 Å². The first kappa shape index (κ1) is 69.8. The Kier molecular flexibility index (Phi) is 58.7. The van der Waals surface area contributed by atoms with E-state index in [0.29, 0.717) is 19.3 Å². The molecule has 0 saturated heterocycles. The number of unbranched alkanes of at least 4 members (excludes halogenated alkanes) is 34. The first-order valence-electron chi connectivity index (χ1n) is 31.4. The van der Waals surface area contributed by atoms with Crippen LogP contribution < -0.4 is 0 Å². The molecule has 0 N–H and O–H groups in total. The van der Waals surface area contributed by atoms with Gasteiger partial charge >= 0.3 is 17.9 Å². The predicted octanol–water partition coefficient (Wildman–Crippen LogP) is 21.3. The van der Waals surface area contributed by atoms with E-state index < -0.39 is 6.10 Å². The molecule has 0 amide bonds. The fourth-order valence-electron chi connectivity index (χ4n) is 8.89. The molecule has 0 spiro atoms. The number of allylic oxidation sites excluding steroid dienone is 12. The SMILES string of the molecule is CCCCC/C=C\C/C=C\C/C=C\CCCCCCCCC(=O)O[C@H](COC(=O)CCCCCCCCC/C=C\CCCCCCCC)COC(=O)CCCCCCCCCCC/C=C\C/C=C\CCCCC. The molecule has 0 fully saturated rings. The number of ether oxygens (including phenoxy) is 3. The summed E-state index contributed by atoms with van der Waals surface area (Å²) in [5.41, 5.74) is 0. The molecule has 0 bridgehead atoms. The molecule has 0 radical (unpaired) electrons. The zero-order valence-electron chi connectivity index (χ0n) is 48.4. The quantitative estimate of drug-likeness (QED) is 0.0261. The van der Waals surface area contributed by atoms with Crippen molar-refractivity contribution in [1.29, 1.82) is 0 Å². The Labute approximate surface area is 453 Å². The third-order valence-electron chi connectivity index (χ3n) is 13.7. The van der Waals surface area contributed by atoms with Crippen molar-refractivity contribution in [3.8, 4) is 0 Å². The number of hydrogen-bond acceptors (Lipinski definition) is 6. The molecule has 0 aliphatic rings. The summed E-state index contributed by atoms with van der Waals surface area (Å²) in [4.78, 5) is 38.3. The van der Waals surface area contributed by atoms with Crippen molar-refractivity contribution in [1.82, 2.24) is 0 Å². The van der Waals surface area contributed by atoms with Crippen LogP contribution in [0.4, 0.5) is 0 Å². The molecule has 422 valence electrons. The smallest absolute Gasteiger partial charge is 0.306 e. The summed E-state index contributed by atoms with van der Waals surface area (Å²) in [6, 6.07) is 0. The Balaban J connectivity index is 4.41. The number of rotatable bonds is 57. The van der Waals surface area contributed by atoms with E-state index in [-0.39, 0.29) is 31.1 Å². The van der Waals surface area contributed by atoms with Gasteiger partial charge in [-0.2, -0.15) is 0 Å². The standard InChI is InChI=1S/C67H118O6/c1-4-7-10-13-16-19-22-25-28-31-33-36-39-42-45-48-51-54-57-60-66(69)72-63-64(62-71-65(68)59-56-53-50-47-44-41-38-35-30-27-24-21-18-15-12-9-6-3)73-67(70)61-58-55-52-49-46-43-40-37-34-32-29-26-23-20-17-14-11-8-5-2/h16-17,19-20,25-30,34,37,64H,4-15,18,21-24,31-33,35-36,38-63H2,1-3H3/b19-16-,20-17-,28-25-,29-26-,30-27-,37-34-/t64-/m1/s1. The normalized spacial score (nSPS) is 12.5. The van der Waals surface area contributed by atoms with Crippen LogP contribution in [-0.2, 0) is 28.6 Å². The fourth-order valence-corrected chi connectivity index (χ4v) is 8.89. The number of carbonyl (C=O) groups excluding carboxylic acids is 3. The molecule has 0 aliphatic carbocycles. The average Bonchev–Trinajstić information content (AvgIpc) is 3.39. The molecule has 6 heteroatoms. The lowest BCUT2D eigenvalue weighted by atomic mass is 10.1. The van der Waals surface area contributed by atoms with E-state index >= 15 is 0 Å². The van der Waals surface area contributed by atoms with Crippen LogP contribution in [0.15, 0.2) is 72.9 Å². The molecule has 1 atom stereocenters. The molecule has 0 unspecified atom stereocenters. The minimum Gasteiger partial charge on any atom is -0.462 e. The van der Waals surface area contributed by atoms with Gasteiger partial charge < -0.3 is 14.2 Å². The maximum absolute atomic E-state index is 12.9. The molecule has 0 aromatic carbocycles. The molecular formula is C67H118O6. The van der Waals surface area contributed by atoms with Crippen molar-refractivity contribution in [2.75, 3.05) is 13.2 Å². The van der Waals surface area contributed by atoms with Crippen molar-refractivity contribution in [2.45, 2.75) is 322 Å². The summed E-state index contributed by atoms with van der Waals surface area (Å²) in [6.07, 6.45) is 78.9. The third kappa shape index (κ3) is 59.6. The summed E-state index contributed by atoms with van der Waals surface area (Å²) in [7, 11) is 0. The van der Waals surface area contributed by atoms with Crippen LogP contribution in [0.3, 0.4) is 0 Å². The number of hydrogen-bond donors (Lipinski definition) is 0.